The molecule has 0 aliphatic heterocycles. The first-order valence-corrected chi connectivity index (χ1v) is 3.13. The van der Waals surface area contributed by atoms with E-state index >= 15 is 0 Å². The van der Waals surface area contributed by atoms with Gasteiger partial charge in [-0.05, 0) is 12.3 Å². The summed E-state index contributed by atoms with van der Waals surface area (Å²) in [6.45, 7) is 1.99. The first-order valence-electron chi connectivity index (χ1n) is 3.13. The molecule has 1 atom stereocenters. The molecule has 0 heterocycles. The van der Waals surface area contributed by atoms with Crippen LogP contribution in [0.1, 0.15) is 19.8 Å². The Labute approximate surface area is 54.9 Å². The van der Waals surface area contributed by atoms with E-state index in [1.165, 1.54) is 0 Å². The fourth-order valence-corrected chi connectivity index (χ4v) is 0.698. The Hall–Kier alpha value is -0.120. The summed E-state index contributed by atoms with van der Waals surface area (Å²) in [5, 5.41) is 25.2. The molecule has 1 unspecified atom stereocenters. The number of hydrogen-bond acceptors (Lipinski definition) is 3. The molecule has 0 amide bonds. The van der Waals surface area contributed by atoms with E-state index in [2.05, 4.69) is 0 Å². The maximum atomic E-state index is 8.42. The zero-order valence-electron chi connectivity index (χ0n) is 5.62. The number of rotatable bonds is 4. The van der Waals surface area contributed by atoms with Gasteiger partial charge in [-0.1, -0.05) is 6.92 Å². The number of aliphatic hydroxyl groups is 3. The predicted octanol–water partition coefficient (Wildman–Crippen LogP) is -0.294. The van der Waals surface area contributed by atoms with Crippen molar-refractivity contribution in [3.63, 3.8) is 0 Å². The maximum Gasteiger partial charge on any atom is 0.151 e. The van der Waals surface area contributed by atoms with Gasteiger partial charge in [0.25, 0.3) is 0 Å². The minimum absolute atomic E-state index is 0.119. The van der Waals surface area contributed by atoms with Crippen molar-refractivity contribution in [2.24, 2.45) is 5.92 Å². The summed E-state index contributed by atoms with van der Waals surface area (Å²) < 4.78 is 0. The van der Waals surface area contributed by atoms with Crippen LogP contribution in [0.2, 0.25) is 0 Å². The smallest absolute Gasteiger partial charge is 0.151 e. The van der Waals surface area contributed by atoms with Crippen molar-refractivity contribution >= 4 is 0 Å². The van der Waals surface area contributed by atoms with Gasteiger partial charge in [-0.2, -0.15) is 0 Å². The summed E-state index contributed by atoms with van der Waals surface area (Å²) in [5.74, 6) is 0.190. The van der Waals surface area contributed by atoms with Crippen LogP contribution in [0, 0.1) is 5.92 Å². The lowest BCUT2D eigenvalue weighted by molar-refractivity contribution is -0.0558. The number of aliphatic hydroxyl groups excluding tert-OH is 2. The largest absolute Gasteiger partial charge is 0.396 e. The monoisotopic (exact) mass is 134 g/mol. The Morgan fingerprint density at radius 2 is 1.89 bits per heavy atom. The van der Waals surface area contributed by atoms with Gasteiger partial charge in [0.1, 0.15) is 0 Å². The topological polar surface area (TPSA) is 60.7 Å². The SMILES string of the molecule is CC(CCO)CC(O)O. The highest BCUT2D eigenvalue weighted by Crippen LogP contribution is 2.07. The molecule has 0 saturated heterocycles. The lowest BCUT2D eigenvalue weighted by atomic mass is 10.0. The molecule has 0 fully saturated rings. The first kappa shape index (κ1) is 8.88. The summed E-state index contributed by atoms with van der Waals surface area (Å²) in [6.07, 6.45) is -0.246. The lowest BCUT2D eigenvalue weighted by Crippen LogP contribution is -2.10. The quantitative estimate of drug-likeness (QED) is 0.463. The Kier molecular flexibility index (Phi) is 4.67. The Morgan fingerprint density at radius 3 is 2.22 bits per heavy atom. The summed E-state index contributed by atoms with van der Waals surface area (Å²) >= 11 is 0. The second-order valence-corrected chi connectivity index (χ2v) is 2.33. The minimum atomic E-state index is -1.23. The standard InChI is InChI=1S/C6H14O3/c1-5(2-3-7)4-6(8)9/h5-9H,2-4H2,1H3. The van der Waals surface area contributed by atoms with Crippen LogP contribution < -0.4 is 0 Å². The predicted molar refractivity (Wildman–Crippen MR) is 33.7 cm³/mol. The highest BCUT2D eigenvalue weighted by atomic mass is 16.5. The molecule has 3 N–H and O–H groups in total. The molecule has 0 radical (unpaired) electrons. The Morgan fingerprint density at radius 1 is 1.33 bits per heavy atom. The Bertz CT molecular complexity index is 63.3. The van der Waals surface area contributed by atoms with Gasteiger partial charge in [-0.15, -0.1) is 0 Å². The van der Waals surface area contributed by atoms with Gasteiger partial charge in [0, 0.05) is 13.0 Å². The summed E-state index contributed by atoms with van der Waals surface area (Å²) in [4.78, 5) is 0. The molecule has 0 spiro atoms. The molecule has 0 aromatic rings. The van der Waals surface area contributed by atoms with Crippen molar-refractivity contribution in [1.29, 1.82) is 0 Å². The molecule has 0 aliphatic rings. The van der Waals surface area contributed by atoms with E-state index in [-0.39, 0.29) is 12.5 Å². The number of hydrogen-bond donors (Lipinski definition) is 3. The molecule has 3 heteroatoms. The van der Waals surface area contributed by atoms with Crippen molar-refractivity contribution in [3.8, 4) is 0 Å². The van der Waals surface area contributed by atoms with Gasteiger partial charge >= 0.3 is 0 Å². The second kappa shape index (κ2) is 4.73. The summed E-state index contributed by atoms with van der Waals surface area (Å²) in [6, 6.07) is 0. The van der Waals surface area contributed by atoms with Crippen LogP contribution in [0.15, 0.2) is 0 Å². The molecule has 3 nitrogen and oxygen atoms in total. The lowest BCUT2D eigenvalue weighted by Gasteiger charge is -2.09. The minimum Gasteiger partial charge on any atom is -0.396 e. The van der Waals surface area contributed by atoms with Crippen LogP contribution in [0.25, 0.3) is 0 Å². The van der Waals surface area contributed by atoms with Crippen molar-refractivity contribution in [2.45, 2.75) is 26.1 Å². The van der Waals surface area contributed by atoms with Gasteiger partial charge in [-0.25, -0.2) is 0 Å². The van der Waals surface area contributed by atoms with Gasteiger partial charge < -0.3 is 15.3 Å². The molecule has 0 aromatic heterocycles. The molecule has 0 bridgehead atoms. The van der Waals surface area contributed by atoms with Crippen LogP contribution in [0.4, 0.5) is 0 Å². The maximum absolute atomic E-state index is 8.42. The third-order valence-corrected chi connectivity index (χ3v) is 1.24. The van der Waals surface area contributed by atoms with Crippen LogP contribution in [-0.2, 0) is 0 Å². The van der Waals surface area contributed by atoms with E-state index < -0.39 is 6.29 Å². The molecule has 56 valence electrons. The third-order valence-electron chi connectivity index (χ3n) is 1.24. The molecular weight excluding hydrogens is 120 g/mol. The van der Waals surface area contributed by atoms with Gasteiger partial charge in [0.2, 0.25) is 0 Å². The van der Waals surface area contributed by atoms with Crippen molar-refractivity contribution in [1.82, 2.24) is 0 Å². The molecule has 0 rings (SSSR count). The molecule has 0 aliphatic carbocycles. The molecule has 0 saturated carbocycles. The van der Waals surface area contributed by atoms with E-state index in [9.17, 15) is 0 Å². The first-order chi connectivity index (χ1) is 4.16. The average Bonchev–Trinajstić information content (AvgIpc) is 1.63. The van der Waals surface area contributed by atoms with E-state index in [0.29, 0.717) is 12.8 Å². The van der Waals surface area contributed by atoms with Crippen LogP contribution in [-0.4, -0.2) is 28.2 Å². The van der Waals surface area contributed by atoms with Gasteiger partial charge in [0.05, 0.1) is 0 Å². The van der Waals surface area contributed by atoms with Crippen molar-refractivity contribution in [2.75, 3.05) is 6.61 Å². The zero-order valence-corrected chi connectivity index (χ0v) is 5.62. The van der Waals surface area contributed by atoms with Gasteiger partial charge in [-0.3, -0.25) is 0 Å². The van der Waals surface area contributed by atoms with Gasteiger partial charge in [0.15, 0.2) is 6.29 Å². The normalized spacial score (nSPS) is 14.3. The third kappa shape index (κ3) is 5.76. The van der Waals surface area contributed by atoms with E-state index in [1.54, 1.807) is 0 Å². The highest BCUT2D eigenvalue weighted by molar-refractivity contribution is 4.52. The van der Waals surface area contributed by atoms with E-state index in [1.807, 2.05) is 6.92 Å². The van der Waals surface area contributed by atoms with E-state index in [0.717, 1.165) is 0 Å². The van der Waals surface area contributed by atoms with Crippen LogP contribution >= 0.6 is 0 Å². The molecule has 9 heavy (non-hydrogen) atoms. The second-order valence-electron chi connectivity index (χ2n) is 2.33. The highest BCUT2D eigenvalue weighted by Gasteiger charge is 2.05. The molecule has 0 aromatic carbocycles. The van der Waals surface area contributed by atoms with Crippen LogP contribution in [0.5, 0.6) is 0 Å². The molecular formula is C6H14O3. The zero-order chi connectivity index (χ0) is 7.28. The van der Waals surface area contributed by atoms with Crippen molar-refractivity contribution < 1.29 is 15.3 Å². The fourth-order valence-electron chi connectivity index (χ4n) is 0.698. The van der Waals surface area contributed by atoms with Crippen molar-refractivity contribution in [3.05, 3.63) is 0 Å². The Balaban J connectivity index is 3.15. The fraction of sp³-hybridized carbons (Fsp3) is 1.00. The summed E-state index contributed by atoms with van der Waals surface area (Å²) in [7, 11) is 0. The average molecular weight is 134 g/mol. The summed E-state index contributed by atoms with van der Waals surface area (Å²) in [5.41, 5.74) is 0. The van der Waals surface area contributed by atoms with E-state index in [4.69, 9.17) is 15.3 Å². The van der Waals surface area contributed by atoms with Crippen LogP contribution in [0.3, 0.4) is 0 Å².